The van der Waals surface area contributed by atoms with Crippen molar-refractivity contribution in [3.63, 3.8) is 0 Å². The molecule has 2 rings (SSSR count). The average Bonchev–Trinajstić information content (AvgIpc) is 2.88. The minimum atomic E-state index is -0.566. The van der Waals surface area contributed by atoms with Gasteiger partial charge in [0.1, 0.15) is 6.20 Å². The number of hydrogen-bond donors (Lipinski definition) is 3. The number of hydrazine groups is 1. The molecule has 0 aliphatic carbocycles. The predicted molar refractivity (Wildman–Crippen MR) is 65.9 cm³/mol. The molecule has 94 valence electrons. The van der Waals surface area contributed by atoms with Gasteiger partial charge in [0.05, 0.1) is 22.7 Å². The quantitative estimate of drug-likeness (QED) is 0.410. The molecule has 4 N–H and O–H groups in total. The van der Waals surface area contributed by atoms with Crippen molar-refractivity contribution >= 4 is 28.8 Å². The van der Waals surface area contributed by atoms with Gasteiger partial charge in [0, 0.05) is 5.38 Å². The number of anilines is 2. The smallest absolute Gasteiger partial charge is 0.329 e. The molecule has 0 aromatic carbocycles. The van der Waals surface area contributed by atoms with Crippen LogP contribution >= 0.6 is 11.3 Å². The zero-order chi connectivity index (χ0) is 13.0. The topological polar surface area (TPSA) is 132 Å². The fourth-order valence-electron chi connectivity index (χ4n) is 1.21. The lowest BCUT2D eigenvalue weighted by Gasteiger charge is -2.05. The molecule has 0 saturated carbocycles. The molecule has 18 heavy (non-hydrogen) atoms. The van der Waals surface area contributed by atoms with Crippen molar-refractivity contribution in [3.8, 4) is 0 Å². The molecule has 2 heterocycles. The summed E-state index contributed by atoms with van der Waals surface area (Å²) in [5, 5.41) is 15.5. The van der Waals surface area contributed by atoms with E-state index in [9.17, 15) is 10.1 Å². The summed E-state index contributed by atoms with van der Waals surface area (Å²) < 4.78 is 0. The number of nitrogens with one attached hydrogen (secondary N) is 2. The molecule has 0 unspecified atom stereocenters. The van der Waals surface area contributed by atoms with E-state index in [2.05, 4.69) is 25.7 Å². The third-order valence-electron chi connectivity index (χ3n) is 2.02. The van der Waals surface area contributed by atoms with Crippen molar-refractivity contribution in [2.45, 2.75) is 6.54 Å². The fourth-order valence-corrected chi connectivity index (χ4v) is 1.77. The van der Waals surface area contributed by atoms with Gasteiger partial charge in [-0.25, -0.2) is 15.8 Å². The minimum Gasteiger partial charge on any atom is -0.359 e. The van der Waals surface area contributed by atoms with Crippen molar-refractivity contribution in [2.75, 3.05) is 10.7 Å². The first-order chi connectivity index (χ1) is 8.70. The van der Waals surface area contributed by atoms with E-state index in [0.29, 0.717) is 6.54 Å². The van der Waals surface area contributed by atoms with E-state index in [0.717, 1.165) is 11.9 Å². The second-order valence-electron chi connectivity index (χ2n) is 3.16. The first-order valence-corrected chi connectivity index (χ1v) is 5.74. The first-order valence-electron chi connectivity index (χ1n) is 4.79. The largest absolute Gasteiger partial charge is 0.359 e. The van der Waals surface area contributed by atoms with Crippen LogP contribution in [0.25, 0.3) is 0 Å². The van der Waals surface area contributed by atoms with Crippen molar-refractivity contribution in [1.82, 2.24) is 15.0 Å². The highest BCUT2D eigenvalue weighted by Crippen LogP contribution is 2.22. The number of nitrogens with two attached hydrogens (primary N) is 1. The molecule has 2 aromatic heterocycles. The Balaban J connectivity index is 2.20. The second-order valence-corrected chi connectivity index (χ2v) is 3.88. The maximum atomic E-state index is 10.8. The maximum Gasteiger partial charge on any atom is 0.329 e. The maximum absolute atomic E-state index is 10.8. The van der Waals surface area contributed by atoms with E-state index in [4.69, 9.17) is 5.84 Å². The van der Waals surface area contributed by atoms with Crippen LogP contribution in [-0.2, 0) is 6.54 Å². The number of hydrogen-bond acceptors (Lipinski definition) is 9. The van der Waals surface area contributed by atoms with Gasteiger partial charge < -0.3 is 5.32 Å². The second kappa shape index (κ2) is 5.33. The highest BCUT2D eigenvalue weighted by Gasteiger charge is 2.16. The van der Waals surface area contributed by atoms with Crippen LogP contribution in [0.1, 0.15) is 5.69 Å². The molecule has 10 heteroatoms. The Morgan fingerprint density at radius 2 is 2.33 bits per heavy atom. The minimum absolute atomic E-state index is 0.0935. The Morgan fingerprint density at radius 3 is 2.94 bits per heavy atom. The lowest BCUT2D eigenvalue weighted by molar-refractivity contribution is -0.384. The summed E-state index contributed by atoms with van der Waals surface area (Å²) in [4.78, 5) is 21.9. The number of nitro groups is 1. The van der Waals surface area contributed by atoms with Crippen LogP contribution in [0, 0.1) is 10.1 Å². The number of rotatable bonds is 5. The number of nitrogen functional groups attached to an aromatic ring is 1. The van der Waals surface area contributed by atoms with Crippen molar-refractivity contribution in [2.24, 2.45) is 5.84 Å². The van der Waals surface area contributed by atoms with Crippen molar-refractivity contribution in [3.05, 3.63) is 32.9 Å². The van der Waals surface area contributed by atoms with E-state index in [1.807, 2.05) is 5.38 Å². The monoisotopic (exact) mass is 267 g/mol. The SMILES string of the molecule is NNc1ncc([N+](=O)[O-])c(NCc2cscn2)n1. The van der Waals surface area contributed by atoms with Gasteiger partial charge in [-0.3, -0.25) is 15.5 Å². The van der Waals surface area contributed by atoms with Crippen LogP contribution in [-0.4, -0.2) is 19.9 Å². The molecule has 0 aliphatic heterocycles. The van der Waals surface area contributed by atoms with Gasteiger partial charge in [0.15, 0.2) is 0 Å². The van der Waals surface area contributed by atoms with E-state index in [-0.39, 0.29) is 17.5 Å². The molecule has 0 aliphatic rings. The molecule has 0 atom stereocenters. The molecular weight excluding hydrogens is 258 g/mol. The fraction of sp³-hybridized carbons (Fsp3) is 0.125. The van der Waals surface area contributed by atoms with Crippen LogP contribution in [0.15, 0.2) is 17.1 Å². The van der Waals surface area contributed by atoms with Gasteiger partial charge in [0.25, 0.3) is 0 Å². The summed E-state index contributed by atoms with van der Waals surface area (Å²) in [6, 6.07) is 0. The Kier molecular flexibility index (Phi) is 3.60. The predicted octanol–water partition coefficient (Wildman–Crippen LogP) is 0.739. The summed E-state index contributed by atoms with van der Waals surface area (Å²) in [7, 11) is 0. The Morgan fingerprint density at radius 1 is 1.50 bits per heavy atom. The lowest BCUT2D eigenvalue weighted by Crippen LogP contribution is -2.13. The number of thiazole rings is 1. The zero-order valence-corrected chi connectivity index (χ0v) is 9.85. The molecule has 0 bridgehead atoms. The molecule has 0 spiro atoms. The molecule has 0 saturated heterocycles. The van der Waals surface area contributed by atoms with Gasteiger partial charge in [-0.1, -0.05) is 0 Å². The average molecular weight is 267 g/mol. The normalized spacial score (nSPS) is 10.1. The standard InChI is InChI=1S/C8H9N7O2S/c9-14-8-11-2-6(15(16)17)7(13-8)10-1-5-3-18-4-12-5/h2-4H,1,9H2,(H2,10,11,13,14). The van der Waals surface area contributed by atoms with Crippen molar-refractivity contribution in [1.29, 1.82) is 0 Å². The van der Waals surface area contributed by atoms with Crippen LogP contribution in [0.5, 0.6) is 0 Å². The van der Waals surface area contributed by atoms with Crippen LogP contribution in [0.2, 0.25) is 0 Å². The van der Waals surface area contributed by atoms with Gasteiger partial charge in [-0.05, 0) is 0 Å². The van der Waals surface area contributed by atoms with Crippen LogP contribution < -0.4 is 16.6 Å². The van der Waals surface area contributed by atoms with E-state index in [1.54, 1.807) is 5.51 Å². The lowest BCUT2D eigenvalue weighted by atomic mass is 10.4. The summed E-state index contributed by atoms with van der Waals surface area (Å²) in [6.07, 6.45) is 1.09. The Bertz CT molecular complexity index is 544. The van der Waals surface area contributed by atoms with Crippen molar-refractivity contribution < 1.29 is 4.92 Å². The molecule has 0 fully saturated rings. The molecule has 0 radical (unpaired) electrons. The van der Waals surface area contributed by atoms with Gasteiger partial charge in [-0.15, -0.1) is 11.3 Å². The molecule has 0 amide bonds. The molecular formula is C8H9N7O2S. The third-order valence-corrected chi connectivity index (χ3v) is 2.65. The first kappa shape index (κ1) is 12.1. The van der Waals surface area contributed by atoms with Gasteiger partial charge in [0.2, 0.25) is 11.8 Å². The summed E-state index contributed by atoms with van der Waals surface area (Å²) in [6.45, 7) is 0.339. The third kappa shape index (κ3) is 2.67. The van der Waals surface area contributed by atoms with Gasteiger partial charge in [-0.2, -0.15) is 4.98 Å². The van der Waals surface area contributed by atoms with Gasteiger partial charge >= 0.3 is 5.69 Å². The number of nitrogens with zero attached hydrogens (tertiary/aromatic N) is 4. The van der Waals surface area contributed by atoms with E-state index < -0.39 is 4.92 Å². The Hall–Kier alpha value is -2.33. The van der Waals surface area contributed by atoms with Crippen LogP contribution in [0.4, 0.5) is 17.5 Å². The highest BCUT2D eigenvalue weighted by molar-refractivity contribution is 7.07. The molecule has 9 nitrogen and oxygen atoms in total. The summed E-state index contributed by atoms with van der Waals surface area (Å²) in [5.74, 6) is 5.34. The van der Waals surface area contributed by atoms with E-state index in [1.165, 1.54) is 11.3 Å². The zero-order valence-electron chi connectivity index (χ0n) is 9.03. The Labute approximate surface area is 105 Å². The van der Waals surface area contributed by atoms with E-state index >= 15 is 0 Å². The number of aromatic nitrogens is 3. The van der Waals surface area contributed by atoms with Crippen LogP contribution in [0.3, 0.4) is 0 Å². The highest BCUT2D eigenvalue weighted by atomic mass is 32.1. The molecule has 2 aromatic rings. The summed E-state index contributed by atoms with van der Waals surface area (Å²) >= 11 is 1.44. The summed E-state index contributed by atoms with van der Waals surface area (Å²) in [5.41, 5.74) is 4.46.